The summed E-state index contributed by atoms with van der Waals surface area (Å²) in [5.41, 5.74) is 0. The Hall–Kier alpha value is -0.730. The predicted octanol–water partition coefficient (Wildman–Crippen LogP) is 0.842. The second-order valence-corrected chi connectivity index (χ2v) is 6.43. The van der Waals surface area contributed by atoms with E-state index in [0.717, 1.165) is 24.4 Å². The summed E-state index contributed by atoms with van der Waals surface area (Å²) in [6.07, 6.45) is 1.75. The molecule has 8 heteroatoms. The van der Waals surface area contributed by atoms with Gasteiger partial charge in [-0.15, -0.1) is 10.2 Å². The fourth-order valence-corrected chi connectivity index (χ4v) is 3.03. The Balaban J connectivity index is 2.43. The van der Waals surface area contributed by atoms with Crippen molar-refractivity contribution in [2.75, 3.05) is 23.6 Å². The Bertz CT molecular complexity index is 430. The van der Waals surface area contributed by atoms with Gasteiger partial charge in [0.1, 0.15) is 5.01 Å². The van der Waals surface area contributed by atoms with Gasteiger partial charge in [-0.2, -0.15) is 0 Å². The standard InChI is InChI=1S/C9H18N4O2S2/c1-3-5-10-6-7-17(14,15)13-9-12-11-8(4-2)16-9/h10H,3-7H2,1-2H3,(H,12,13). The molecule has 6 nitrogen and oxygen atoms in total. The SMILES string of the molecule is CCCNCCS(=O)(=O)Nc1nnc(CC)s1. The Morgan fingerprint density at radius 1 is 1.24 bits per heavy atom. The van der Waals surface area contributed by atoms with E-state index in [4.69, 9.17) is 0 Å². The van der Waals surface area contributed by atoms with Crippen molar-refractivity contribution in [3.8, 4) is 0 Å². The zero-order valence-corrected chi connectivity index (χ0v) is 11.7. The van der Waals surface area contributed by atoms with Crippen LogP contribution in [0, 0.1) is 0 Å². The molecule has 0 fully saturated rings. The number of aromatic nitrogens is 2. The average molecular weight is 278 g/mol. The van der Waals surface area contributed by atoms with Crippen LogP contribution in [0.3, 0.4) is 0 Å². The molecule has 0 aromatic carbocycles. The maximum absolute atomic E-state index is 11.6. The van der Waals surface area contributed by atoms with Crippen molar-refractivity contribution < 1.29 is 8.42 Å². The van der Waals surface area contributed by atoms with Crippen molar-refractivity contribution in [2.45, 2.75) is 26.7 Å². The average Bonchev–Trinajstić information content (AvgIpc) is 2.71. The maximum Gasteiger partial charge on any atom is 0.235 e. The first-order valence-electron chi connectivity index (χ1n) is 5.61. The minimum Gasteiger partial charge on any atom is -0.316 e. The lowest BCUT2D eigenvalue weighted by Gasteiger charge is -2.05. The number of hydrogen-bond acceptors (Lipinski definition) is 6. The molecule has 0 saturated carbocycles. The van der Waals surface area contributed by atoms with E-state index in [1.54, 1.807) is 0 Å². The predicted molar refractivity (Wildman–Crippen MR) is 69.9 cm³/mol. The monoisotopic (exact) mass is 278 g/mol. The second kappa shape index (κ2) is 6.87. The molecule has 0 aliphatic carbocycles. The van der Waals surface area contributed by atoms with Crippen LogP contribution in [-0.4, -0.2) is 37.5 Å². The fourth-order valence-electron chi connectivity index (χ4n) is 1.13. The molecule has 1 aromatic rings. The number of hydrogen-bond donors (Lipinski definition) is 2. The third kappa shape index (κ3) is 5.42. The molecule has 0 saturated heterocycles. The first-order valence-corrected chi connectivity index (χ1v) is 8.08. The number of aryl methyl sites for hydroxylation is 1. The van der Waals surface area contributed by atoms with Crippen molar-refractivity contribution in [1.29, 1.82) is 0 Å². The van der Waals surface area contributed by atoms with E-state index in [1.165, 1.54) is 11.3 Å². The number of nitrogens with zero attached hydrogens (tertiary/aromatic N) is 2. The number of rotatable bonds is 8. The molecule has 98 valence electrons. The second-order valence-electron chi connectivity index (χ2n) is 3.53. The Morgan fingerprint density at radius 3 is 2.59 bits per heavy atom. The Kier molecular flexibility index (Phi) is 5.79. The van der Waals surface area contributed by atoms with E-state index >= 15 is 0 Å². The highest BCUT2D eigenvalue weighted by Crippen LogP contribution is 2.16. The molecule has 1 aromatic heterocycles. The van der Waals surface area contributed by atoms with Gasteiger partial charge in [0.25, 0.3) is 0 Å². The minimum absolute atomic E-state index is 0.0496. The molecular weight excluding hydrogens is 260 g/mol. The molecule has 0 unspecified atom stereocenters. The van der Waals surface area contributed by atoms with Gasteiger partial charge in [-0.05, 0) is 19.4 Å². The van der Waals surface area contributed by atoms with Gasteiger partial charge < -0.3 is 5.32 Å². The normalized spacial score (nSPS) is 11.6. The zero-order chi connectivity index (χ0) is 12.7. The summed E-state index contributed by atoms with van der Waals surface area (Å²) in [7, 11) is -3.31. The lowest BCUT2D eigenvalue weighted by molar-refractivity contribution is 0.595. The van der Waals surface area contributed by atoms with Crippen LogP contribution in [0.5, 0.6) is 0 Å². The van der Waals surface area contributed by atoms with Crippen molar-refractivity contribution in [2.24, 2.45) is 0 Å². The van der Waals surface area contributed by atoms with E-state index in [0.29, 0.717) is 11.7 Å². The van der Waals surface area contributed by atoms with Gasteiger partial charge in [-0.1, -0.05) is 25.2 Å². The zero-order valence-electron chi connectivity index (χ0n) is 10.1. The van der Waals surface area contributed by atoms with Crippen LogP contribution in [0.4, 0.5) is 5.13 Å². The van der Waals surface area contributed by atoms with E-state index in [-0.39, 0.29) is 5.75 Å². The van der Waals surface area contributed by atoms with Gasteiger partial charge >= 0.3 is 0 Å². The molecule has 0 bridgehead atoms. The number of anilines is 1. The van der Waals surface area contributed by atoms with Gasteiger partial charge in [0.2, 0.25) is 15.2 Å². The highest BCUT2D eigenvalue weighted by Gasteiger charge is 2.12. The van der Waals surface area contributed by atoms with Crippen LogP contribution in [0.25, 0.3) is 0 Å². The molecule has 0 spiro atoms. The van der Waals surface area contributed by atoms with Gasteiger partial charge in [0, 0.05) is 6.54 Å². The lowest BCUT2D eigenvalue weighted by Crippen LogP contribution is -2.27. The topological polar surface area (TPSA) is 84.0 Å². The van der Waals surface area contributed by atoms with Gasteiger partial charge in [0.05, 0.1) is 5.75 Å². The summed E-state index contributed by atoms with van der Waals surface area (Å²) >= 11 is 1.27. The molecule has 2 N–H and O–H groups in total. The summed E-state index contributed by atoms with van der Waals surface area (Å²) < 4.78 is 25.7. The third-order valence-electron chi connectivity index (χ3n) is 1.99. The molecule has 17 heavy (non-hydrogen) atoms. The number of nitrogens with one attached hydrogen (secondary N) is 2. The van der Waals surface area contributed by atoms with E-state index in [2.05, 4.69) is 20.2 Å². The highest BCUT2D eigenvalue weighted by molar-refractivity contribution is 7.92. The molecule has 0 amide bonds. The van der Waals surface area contributed by atoms with Crippen LogP contribution in [0.1, 0.15) is 25.3 Å². The Morgan fingerprint density at radius 2 is 2.00 bits per heavy atom. The van der Waals surface area contributed by atoms with Gasteiger partial charge in [0.15, 0.2) is 0 Å². The largest absolute Gasteiger partial charge is 0.316 e. The van der Waals surface area contributed by atoms with E-state index in [9.17, 15) is 8.42 Å². The molecule has 0 atom stereocenters. The quantitative estimate of drug-likeness (QED) is 0.688. The lowest BCUT2D eigenvalue weighted by atomic mass is 10.5. The smallest absolute Gasteiger partial charge is 0.235 e. The van der Waals surface area contributed by atoms with Crippen LogP contribution >= 0.6 is 11.3 Å². The van der Waals surface area contributed by atoms with E-state index in [1.807, 2.05) is 13.8 Å². The van der Waals surface area contributed by atoms with Gasteiger partial charge in [-0.25, -0.2) is 8.42 Å². The van der Waals surface area contributed by atoms with Crippen molar-refractivity contribution in [1.82, 2.24) is 15.5 Å². The van der Waals surface area contributed by atoms with Crippen molar-refractivity contribution in [3.63, 3.8) is 0 Å². The fraction of sp³-hybridized carbons (Fsp3) is 0.778. The minimum atomic E-state index is -3.31. The Labute approximate surface area is 106 Å². The molecular formula is C9H18N4O2S2. The highest BCUT2D eigenvalue weighted by atomic mass is 32.2. The maximum atomic E-state index is 11.6. The molecule has 1 rings (SSSR count). The summed E-state index contributed by atoms with van der Waals surface area (Å²) in [4.78, 5) is 0. The first-order chi connectivity index (χ1) is 8.07. The van der Waals surface area contributed by atoms with Crippen LogP contribution in [-0.2, 0) is 16.4 Å². The number of sulfonamides is 1. The molecule has 0 radical (unpaired) electrons. The van der Waals surface area contributed by atoms with Crippen LogP contribution < -0.4 is 10.0 Å². The summed E-state index contributed by atoms with van der Waals surface area (Å²) in [6.45, 7) is 5.26. The van der Waals surface area contributed by atoms with Crippen molar-refractivity contribution >= 4 is 26.5 Å². The third-order valence-corrected chi connectivity index (χ3v) is 4.34. The summed E-state index contributed by atoms with van der Waals surface area (Å²) in [5.74, 6) is 0.0496. The summed E-state index contributed by atoms with van der Waals surface area (Å²) in [6, 6.07) is 0. The van der Waals surface area contributed by atoms with Gasteiger partial charge in [-0.3, -0.25) is 4.72 Å². The summed E-state index contributed by atoms with van der Waals surface area (Å²) in [5, 5.41) is 11.8. The van der Waals surface area contributed by atoms with Crippen LogP contribution in [0.15, 0.2) is 0 Å². The van der Waals surface area contributed by atoms with Crippen molar-refractivity contribution in [3.05, 3.63) is 5.01 Å². The molecule has 1 heterocycles. The molecule has 0 aliphatic rings. The van der Waals surface area contributed by atoms with Crippen LogP contribution in [0.2, 0.25) is 0 Å². The molecule has 0 aliphatic heterocycles. The first kappa shape index (κ1) is 14.3. The van der Waals surface area contributed by atoms with E-state index < -0.39 is 10.0 Å².